The van der Waals surface area contributed by atoms with Gasteiger partial charge in [0.05, 0.1) is 7.11 Å². The molecule has 0 aliphatic carbocycles. The Kier molecular flexibility index (Phi) is 5.17. The van der Waals surface area contributed by atoms with E-state index in [4.69, 9.17) is 4.74 Å². The number of esters is 1. The maximum Gasteiger partial charge on any atom is 0.323 e. The molecule has 5 nitrogen and oxygen atoms in total. The lowest BCUT2D eigenvalue weighted by Crippen LogP contribution is -2.34. The fourth-order valence-corrected chi connectivity index (χ4v) is 1.41. The first-order valence-corrected chi connectivity index (χ1v) is 5.45. The molecule has 1 aromatic carbocycles. The maximum absolute atomic E-state index is 12.6. The lowest BCUT2D eigenvalue weighted by atomic mass is 10.0. The second-order valence-corrected chi connectivity index (χ2v) is 3.78. The molecule has 0 heterocycles. The highest BCUT2D eigenvalue weighted by Gasteiger charge is 2.32. The number of carbonyl (C=O) groups is 3. The zero-order valence-electron chi connectivity index (χ0n) is 10.5. The van der Waals surface area contributed by atoms with Crippen LogP contribution in [0.15, 0.2) is 24.3 Å². The molecule has 0 aliphatic heterocycles. The van der Waals surface area contributed by atoms with Crippen molar-refractivity contribution in [2.24, 2.45) is 5.92 Å². The maximum atomic E-state index is 12.6. The third-order valence-electron chi connectivity index (χ3n) is 2.36. The molecule has 0 fully saturated rings. The van der Waals surface area contributed by atoms with Crippen LogP contribution in [-0.2, 0) is 19.1 Å². The number of Topliss-reactive ketones (excluding diaryl/α,β-unsaturated/α-hetero) is 2. The molecule has 1 aromatic rings. The van der Waals surface area contributed by atoms with Gasteiger partial charge in [-0.05, 0) is 31.2 Å². The number of hydrogen-bond acceptors (Lipinski definition) is 5. The molecule has 1 rings (SSSR count). The van der Waals surface area contributed by atoms with Crippen LogP contribution in [0.2, 0.25) is 0 Å². The Morgan fingerprint density at radius 2 is 1.79 bits per heavy atom. The summed E-state index contributed by atoms with van der Waals surface area (Å²) >= 11 is 0. The highest BCUT2D eigenvalue weighted by atomic mass is 19.1. The van der Waals surface area contributed by atoms with Gasteiger partial charge < -0.3 is 9.47 Å². The van der Waals surface area contributed by atoms with Crippen molar-refractivity contribution in [3.05, 3.63) is 30.1 Å². The van der Waals surface area contributed by atoms with Crippen LogP contribution in [0, 0.1) is 11.7 Å². The predicted molar refractivity (Wildman–Crippen MR) is 63.1 cm³/mol. The van der Waals surface area contributed by atoms with E-state index in [1.807, 2.05) is 0 Å². The topological polar surface area (TPSA) is 69.7 Å². The van der Waals surface area contributed by atoms with Crippen LogP contribution in [0.25, 0.3) is 0 Å². The number of carbonyl (C=O) groups excluding carboxylic acids is 3. The quantitative estimate of drug-likeness (QED) is 0.572. The third kappa shape index (κ3) is 4.17. The van der Waals surface area contributed by atoms with E-state index in [2.05, 4.69) is 4.74 Å². The number of hydrogen-bond donors (Lipinski definition) is 0. The number of rotatable bonds is 6. The van der Waals surface area contributed by atoms with Crippen LogP contribution >= 0.6 is 0 Å². The lowest BCUT2D eigenvalue weighted by Gasteiger charge is -2.11. The minimum Gasteiger partial charge on any atom is -0.486 e. The van der Waals surface area contributed by atoms with Crippen LogP contribution in [0.3, 0.4) is 0 Å². The van der Waals surface area contributed by atoms with Crippen molar-refractivity contribution in [1.82, 2.24) is 0 Å². The summed E-state index contributed by atoms with van der Waals surface area (Å²) in [7, 11) is 1.09. The molecule has 0 N–H and O–H groups in total. The SMILES string of the molecule is COC(=O)C(C(C)=O)C(=O)COc1ccc(F)cc1. The Morgan fingerprint density at radius 3 is 2.26 bits per heavy atom. The van der Waals surface area contributed by atoms with Crippen molar-refractivity contribution in [2.75, 3.05) is 13.7 Å². The summed E-state index contributed by atoms with van der Waals surface area (Å²) in [5.41, 5.74) is 0. The zero-order valence-corrected chi connectivity index (χ0v) is 10.5. The third-order valence-corrected chi connectivity index (χ3v) is 2.36. The fraction of sp³-hybridized carbons (Fsp3) is 0.308. The van der Waals surface area contributed by atoms with Crippen LogP contribution in [0.1, 0.15) is 6.92 Å². The van der Waals surface area contributed by atoms with Gasteiger partial charge in [-0.1, -0.05) is 0 Å². The second-order valence-electron chi connectivity index (χ2n) is 3.78. The Bertz CT molecular complexity index is 480. The largest absolute Gasteiger partial charge is 0.486 e. The Hall–Kier alpha value is -2.24. The van der Waals surface area contributed by atoms with Gasteiger partial charge in [0, 0.05) is 0 Å². The van der Waals surface area contributed by atoms with Gasteiger partial charge >= 0.3 is 5.97 Å². The highest BCUT2D eigenvalue weighted by molar-refractivity contribution is 6.16. The number of ketones is 2. The predicted octanol–water partition coefficient (Wildman–Crippen LogP) is 1.15. The molecular formula is C13H13FO5. The van der Waals surface area contributed by atoms with E-state index in [1.165, 1.54) is 24.3 Å². The highest BCUT2D eigenvalue weighted by Crippen LogP contribution is 2.12. The standard InChI is InChI=1S/C13H13FO5/c1-8(15)12(13(17)18-2)11(16)7-19-10-5-3-9(14)4-6-10/h3-6,12H,7H2,1-2H3. The van der Waals surface area contributed by atoms with Crippen molar-refractivity contribution in [2.45, 2.75) is 6.92 Å². The first-order chi connectivity index (χ1) is 8.95. The first kappa shape index (κ1) is 14.8. The van der Waals surface area contributed by atoms with E-state index >= 15 is 0 Å². The van der Waals surface area contributed by atoms with E-state index in [-0.39, 0.29) is 5.75 Å². The van der Waals surface area contributed by atoms with Gasteiger partial charge in [0.15, 0.2) is 17.5 Å². The van der Waals surface area contributed by atoms with Crippen LogP contribution in [0.5, 0.6) is 5.75 Å². The average Bonchev–Trinajstić information content (AvgIpc) is 2.37. The number of halogens is 1. The minimum atomic E-state index is -1.48. The summed E-state index contributed by atoms with van der Waals surface area (Å²) in [6.45, 7) is 0.655. The molecule has 1 unspecified atom stereocenters. The molecule has 6 heteroatoms. The van der Waals surface area contributed by atoms with Crippen LogP contribution in [-0.4, -0.2) is 31.3 Å². The molecule has 0 saturated heterocycles. The minimum absolute atomic E-state index is 0.266. The molecule has 0 radical (unpaired) electrons. The van der Waals surface area contributed by atoms with Gasteiger partial charge in [0.25, 0.3) is 0 Å². The number of ether oxygens (including phenoxy) is 2. The smallest absolute Gasteiger partial charge is 0.323 e. The van der Waals surface area contributed by atoms with Crippen molar-refractivity contribution in [1.29, 1.82) is 0 Å². The van der Waals surface area contributed by atoms with Crippen LogP contribution < -0.4 is 4.74 Å². The van der Waals surface area contributed by atoms with Crippen molar-refractivity contribution in [3.8, 4) is 5.75 Å². The fourth-order valence-electron chi connectivity index (χ4n) is 1.41. The molecule has 0 saturated carbocycles. The summed E-state index contributed by atoms with van der Waals surface area (Å²) in [4.78, 5) is 34.2. The normalized spacial score (nSPS) is 11.5. The number of methoxy groups -OCH3 is 1. The molecule has 0 bridgehead atoms. The monoisotopic (exact) mass is 268 g/mol. The summed E-state index contributed by atoms with van der Waals surface area (Å²) in [6, 6.07) is 5.01. The molecule has 0 spiro atoms. The first-order valence-electron chi connectivity index (χ1n) is 5.45. The number of benzene rings is 1. The summed E-state index contributed by atoms with van der Waals surface area (Å²) < 4.78 is 22.1. The van der Waals surface area contributed by atoms with E-state index in [9.17, 15) is 18.8 Å². The van der Waals surface area contributed by atoms with E-state index in [0.29, 0.717) is 0 Å². The second kappa shape index (κ2) is 6.63. The van der Waals surface area contributed by atoms with Gasteiger partial charge in [-0.15, -0.1) is 0 Å². The summed E-state index contributed by atoms with van der Waals surface area (Å²) in [6.07, 6.45) is 0. The van der Waals surface area contributed by atoms with Crippen LogP contribution in [0.4, 0.5) is 4.39 Å². The lowest BCUT2D eigenvalue weighted by molar-refractivity contribution is -0.153. The molecule has 102 valence electrons. The van der Waals surface area contributed by atoms with Crippen molar-refractivity contribution in [3.63, 3.8) is 0 Å². The van der Waals surface area contributed by atoms with E-state index in [0.717, 1.165) is 14.0 Å². The summed E-state index contributed by atoms with van der Waals surface area (Å²) in [5, 5.41) is 0. The summed E-state index contributed by atoms with van der Waals surface area (Å²) in [5.74, 6) is -3.88. The molecule has 0 aromatic heterocycles. The van der Waals surface area contributed by atoms with Gasteiger partial charge in [-0.3, -0.25) is 14.4 Å². The average molecular weight is 268 g/mol. The Labute approximate surface area is 109 Å². The van der Waals surface area contributed by atoms with Gasteiger partial charge in [0.1, 0.15) is 18.2 Å². The molecule has 19 heavy (non-hydrogen) atoms. The molecule has 0 amide bonds. The van der Waals surface area contributed by atoms with E-state index in [1.54, 1.807) is 0 Å². The van der Waals surface area contributed by atoms with Gasteiger partial charge in [0.2, 0.25) is 0 Å². The van der Waals surface area contributed by atoms with Gasteiger partial charge in [-0.2, -0.15) is 0 Å². The van der Waals surface area contributed by atoms with Crippen molar-refractivity contribution < 1.29 is 28.2 Å². The Balaban J connectivity index is 2.65. The molecule has 1 atom stereocenters. The van der Waals surface area contributed by atoms with Gasteiger partial charge in [-0.25, -0.2) is 4.39 Å². The van der Waals surface area contributed by atoms with Crippen molar-refractivity contribution >= 4 is 17.5 Å². The Morgan fingerprint density at radius 1 is 1.21 bits per heavy atom. The molecular weight excluding hydrogens is 255 g/mol. The zero-order chi connectivity index (χ0) is 14.4. The van der Waals surface area contributed by atoms with E-state index < -0.39 is 35.9 Å². The molecule has 0 aliphatic rings.